The van der Waals surface area contributed by atoms with Crippen LogP contribution in [0.25, 0.3) is 0 Å². The molecule has 2 bridgehead atoms. The van der Waals surface area contributed by atoms with E-state index in [1.807, 2.05) is 4.68 Å². The zero-order chi connectivity index (χ0) is 14.4. The molecule has 6 nitrogen and oxygen atoms in total. The van der Waals surface area contributed by atoms with E-state index in [2.05, 4.69) is 15.5 Å². The number of aromatic nitrogens is 4. The molecular formula is C15H22N4O2. The molecule has 4 atom stereocenters. The number of fused-ring (bicyclic) bond motifs is 2. The van der Waals surface area contributed by atoms with Crippen LogP contribution in [-0.2, 0) is 11.2 Å². The van der Waals surface area contributed by atoms with Crippen LogP contribution in [0.2, 0.25) is 0 Å². The minimum absolute atomic E-state index is 0.0499. The summed E-state index contributed by atoms with van der Waals surface area (Å²) in [4.78, 5) is 11.1. The Bertz CT molecular complexity index is 540. The van der Waals surface area contributed by atoms with Gasteiger partial charge in [0.1, 0.15) is 0 Å². The van der Waals surface area contributed by atoms with Crippen molar-refractivity contribution in [2.75, 3.05) is 0 Å². The van der Waals surface area contributed by atoms with Gasteiger partial charge in [-0.3, -0.25) is 4.79 Å². The van der Waals surface area contributed by atoms with Crippen LogP contribution >= 0.6 is 0 Å². The summed E-state index contributed by atoms with van der Waals surface area (Å²) in [5.74, 6) is 3.07. The van der Waals surface area contributed by atoms with Crippen LogP contribution in [-0.4, -0.2) is 31.3 Å². The molecule has 0 saturated heterocycles. The van der Waals surface area contributed by atoms with Crippen molar-refractivity contribution in [3.63, 3.8) is 0 Å². The van der Waals surface area contributed by atoms with Gasteiger partial charge in [-0.15, -0.1) is 5.10 Å². The van der Waals surface area contributed by atoms with Crippen molar-refractivity contribution in [2.45, 2.75) is 57.4 Å². The molecule has 1 heterocycles. The fraction of sp³-hybridized carbons (Fsp3) is 0.867. The van der Waals surface area contributed by atoms with E-state index in [0.717, 1.165) is 36.9 Å². The van der Waals surface area contributed by atoms with Gasteiger partial charge in [0.25, 0.3) is 0 Å². The lowest BCUT2D eigenvalue weighted by Gasteiger charge is -2.22. The maximum atomic E-state index is 11.1. The first kappa shape index (κ1) is 13.2. The fourth-order valence-corrected chi connectivity index (χ4v) is 4.58. The number of hydrogen-bond donors (Lipinski definition) is 1. The van der Waals surface area contributed by atoms with Gasteiger partial charge in [0, 0.05) is 6.42 Å². The Hall–Kier alpha value is -1.46. The van der Waals surface area contributed by atoms with Crippen molar-refractivity contribution in [2.24, 2.45) is 23.7 Å². The van der Waals surface area contributed by atoms with Crippen LogP contribution in [0.15, 0.2) is 0 Å². The predicted molar refractivity (Wildman–Crippen MR) is 74.5 cm³/mol. The normalized spacial score (nSPS) is 32.5. The van der Waals surface area contributed by atoms with Gasteiger partial charge >= 0.3 is 5.97 Å². The zero-order valence-corrected chi connectivity index (χ0v) is 12.2. The van der Waals surface area contributed by atoms with Crippen molar-refractivity contribution in [3.05, 3.63) is 5.82 Å². The average Bonchev–Trinajstić information content (AvgIpc) is 2.86. The smallest absolute Gasteiger partial charge is 0.305 e. The highest BCUT2D eigenvalue weighted by molar-refractivity contribution is 5.67. The summed E-state index contributed by atoms with van der Waals surface area (Å²) < 4.78 is 1.83. The summed E-state index contributed by atoms with van der Waals surface area (Å²) in [6.45, 7) is 0. The Morgan fingerprint density at radius 3 is 2.76 bits per heavy atom. The maximum absolute atomic E-state index is 11.1. The van der Waals surface area contributed by atoms with E-state index in [9.17, 15) is 4.79 Å². The molecule has 1 aromatic heterocycles. The van der Waals surface area contributed by atoms with Gasteiger partial charge in [-0.1, -0.05) is 6.42 Å². The number of aliphatic carboxylic acids is 1. The third kappa shape index (κ3) is 2.56. The first-order valence-electron chi connectivity index (χ1n) is 8.19. The molecule has 0 aliphatic heterocycles. The average molecular weight is 290 g/mol. The van der Waals surface area contributed by atoms with Gasteiger partial charge in [-0.05, 0) is 66.2 Å². The summed E-state index contributed by atoms with van der Waals surface area (Å²) in [6, 6.07) is -0.0499. The monoisotopic (exact) mass is 290 g/mol. The number of carboxylic acid groups (broad SMARTS) is 1. The molecule has 6 heteroatoms. The Morgan fingerprint density at radius 2 is 2.14 bits per heavy atom. The summed E-state index contributed by atoms with van der Waals surface area (Å²) >= 11 is 0. The van der Waals surface area contributed by atoms with Crippen molar-refractivity contribution >= 4 is 5.97 Å². The number of rotatable bonds is 6. The van der Waals surface area contributed by atoms with Crippen LogP contribution in [0.5, 0.6) is 0 Å². The predicted octanol–water partition coefficient (Wildman–Crippen LogP) is 2.08. The topological polar surface area (TPSA) is 80.9 Å². The fourth-order valence-electron chi connectivity index (χ4n) is 4.58. The first-order valence-corrected chi connectivity index (χ1v) is 8.19. The second kappa shape index (κ2) is 5.07. The van der Waals surface area contributed by atoms with Crippen LogP contribution in [0.1, 0.15) is 56.8 Å². The van der Waals surface area contributed by atoms with Gasteiger partial charge in [0.05, 0.1) is 12.5 Å². The lowest BCUT2D eigenvalue weighted by Crippen LogP contribution is -2.22. The van der Waals surface area contributed by atoms with Crippen molar-refractivity contribution in [1.82, 2.24) is 20.2 Å². The quantitative estimate of drug-likeness (QED) is 0.867. The largest absolute Gasteiger partial charge is 0.481 e. The minimum Gasteiger partial charge on any atom is -0.481 e. The molecule has 0 aromatic carbocycles. The Balaban J connectivity index is 1.51. The Kier molecular flexibility index (Phi) is 3.19. The molecule has 3 aliphatic carbocycles. The Labute approximate surface area is 123 Å². The van der Waals surface area contributed by atoms with Gasteiger partial charge in [0.2, 0.25) is 0 Å². The second-order valence-corrected chi connectivity index (χ2v) is 7.18. The number of tetrazole rings is 1. The molecule has 3 saturated carbocycles. The summed E-state index contributed by atoms with van der Waals surface area (Å²) in [7, 11) is 0. The zero-order valence-electron chi connectivity index (χ0n) is 12.2. The SMILES string of the molecule is O=C(O)CC(C1CC1)n1nnnc1CC1CC2CCC1C2. The highest BCUT2D eigenvalue weighted by atomic mass is 16.4. The lowest BCUT2D eigenvalue weighted by atomic mass is 9.86. The van der Waals surface area contributed by atoms with Crippen molar-refractivity contribution < 1.29 is 9.90 Å². The standard InChI is InChI=1S/C15H22N4O2/c20-15(21)8-13(10-3-4-10)19-14(16-17-18-19)7-12-6-9-1-2-11(12)5-9/h9-13H,1-8H2,(H,20,21). The minimum atomic E-state index is -0.756. The van der Waals surface area contributed by atoms with E-state index in [1.165, 1.54) is 25.7 Å². The van der Waals surface area contributed by atoms with E-state index in [1.54, 1.807) is 0 Å². The lowest BCUT2D eigenvalue weighted by molar-refractivity contribution is -0.138. The third-order valence-corrected chi connectivity index (χ3v) is 5.75. The third-order valence-electron chi connectivity index (χ3n) is 5.75. The number of nitrogens with zero attached hydrogens (tertiary/aromatic N) is 4. The molecule has 114 valence electrons. The van der Waals surface area contributed by atoms with Gasteiger partial charge in [-0.2, -0.15) is 0 Å². The van der Waals surface area contributed by atoms with Gasteiger partial charge in [0.15, 0.2) is 5.82 Å². The van der Waals surface area contributed by atoms with E-state index >= 15 is 0 Å². The molecule has 1 N–H and O–H groups in total. The van der Waals surface area contributed by atoms with E-state index in [-0.39, 0.29) is 12.5 Å². The molecule has 0 spiro atoms. The highest BCUT2D eigenvalue weighted by Crippen LogP contribution is 2.49. The van der Waals surface area contributed by atoms with Crippen molar-refractivity contribution in [1.29, 1.82) is 0 Å². The summed E-state index contributed by atoms with van der Waals surface area (Å²) in [5, 5.41) is 21.3. The highest BCUT2D eigenvalue weighted by Gasteiger charge is 2.41. The van der Waals surface area contributed by atoms with Gasteiger partial charge in [-0.25, -0.2) is 4.68 Å². The molecule has 4 rings (SSSR count). The summed E-state index contributed by atoms with van der Waals surface area (Å²) in [6.07, 6.45) is 8.72. The molecular weight excluding hydrogens is 268 g/mol. The van der Waals surface area contributed by atoms with Crippen LogP contribution in [0, 0.1) is 23.7 Å². The summed E-state index contributed by atoms with van der Waals surface area (Å²) in [5.41, 5.74) is 0. The van der Waals surface area contributed by atoms with E-state index < -0.39 is 5.97 Å². The molecule has 3 fully saturated rings. The van der Waals surface area contributed by atoms with Crippen molar-refractivity contribution in [3.8, 4) is 0 Å². The second-order valence-electron chi connectivity index (χ2n) is 7.18. The Morgan fingerprint density at radius 1 is 1.29 bits per heavy atom. The number of hydrogen-bond acceptors (Lipinski definition) is 4. The van der Waals surface area contributed by atoms with Crippen LogP contribution in [0.3, 0.4) is 0 Å². The van der Waals surface area contributed by atoms with E-state index in [0.29, 0.717) is 11.8 Å². The van der Waals surface area contributed by atoms with Gasteiger partial charge < -0.3 is 5.11 Å². The molecule has 4 unspecified atom stereocenters. The van der Waals surface area contributed by atoms with E-state index in [4.69, 9.17) is 5.11 Å². The first-order chi connectivity index (χ1) is 10.2. The molecule has 0 radical (unpaired) electrons. The molecule has 3 aliphatic rings. The van der Waals surface area contributed by atoms with Crippen LogP contribution in [0.4, 0.5) is 0 Å². The molecule has 1 aromatic rings. The molecule has 0 amide bonds. The van der Waals surface area contributed by atoms with Crippen LogP contribution < -0.4 is 0 Å². The molecule has 21 heavy (non-hydrogen) atoms. The maximum Gasteiger partial charge on any atom is 0.305 e. The number of carboxylic acids is 1. The number of carbonyl (C=O) groups is 1.